The van der Waals surface area contributed by atoms with Gasteiger partial charge in [0.2, 0.25) is 0 Å². The summed E-state index contributed by atoms with van der Waals surface area (Å²) >= 11 is 0. The number of hydrogen-bond donors (Lipinski definition) is 2. The third kappa shape index (κ3) is 5.92. The molecule has 4 nitrogen and oxygen atoms in total. The second-order valence-corrected chi connectivity index (χ2v) is 6.22. The highest BCUT2D eigenvalue weighted by Crippen LogP contribution is 2.08. The number of pyridine rings is 1. The molecule has 3 rings (SSSR count). The fourth-order valence-corrected chi connectivity index (χ4v) is 2.72. The Labute approximate surface area is 158 Å². The topological polar surface area (TPSA) is 54.0 Å². The zero-order valence-electron chi connectivity index (χ0n) is 15.0. The first-order chi connectivity index (χ1) is 13.2. The number of rotatable bonds is 8. The maximum absolute atomic E-state index is 12.9. The number of amides is 1. The number of carbonyl (C=O) groups excluding carboxylic acids is 1. The van der Waals surface area contributed by atoms with Gasteiger partial charge in [-0.15, -0.1) is 0 Å². The quantitative estimate of drug-likeness (QED) is 0.639. The molecule has 0 aliphatic carbocycles. The van der Waals surface area contributed by atoms with Crippen LogP contribution in [0.15, 0.2) is 72.9 Å². The smallest absolute Gasteiger partial charge is 0.251 e. The molecule has 0 unspecified atom stereocenters. The van der Waals surface area contributed by atoms with E-state index in [0.29, 0.717) is 24.3 Å². The van der Waals surface area contributed by atoms with Crippen molar-refractivity contribution in [1.82, 2.24) is 10.3 Å². The summed E-state index contributed by atoms with van der Waals surface area (Å²) in [5.41, 5.74) is 2.79. The lowest BCUT2D eigenvalue weighted by atomic mass is 10.1. The van der Waals surface area contributed by atoms with Crippen molar-refractivity contribution in [2.24, 2.45) is 0 Å². The number of hydrogen-bond acceptors (Lipinski definition) is 3. The third-order valence-electron chi connectivity index (χ3n) is 4.20. The van der Waals surface area contributed by atoms with Crippen LogP contribution in [0.2, 0.25) is 0 Å². The summed E-state index contributed by atoms with van der Waals surface area (Å²) in [7, 11) is 0. The molecule has 0 bridgehead atoms. The molecule has 2 aromatic carbocycles. The highest BCUT2D eigenvalue weighted by molar-refractivity contribution is 5.94. The number of nitrogens with one attached hydrogen (secondary N) is 2. The van der Waals surface area contributed by atoms with Crippen molar-refractivity contribution in [2.45, 2.75) is 12.8 Å². The predicted octanol–water partition coefficient (Wildman–Crippen LogP) is 3.85. The van der Waals surface area contributed by atoms with E-state index in [-0.39, 0.29) is 11.7 Å². The van der Waals surface area contributed by atoms with E-state index in [4.69, 9.17) is 0 Å². The summed E-state index contributed by atoms with van der Waals surface area (Å²) < 4.78 is 12.9. The molecule has 3 aromatic rings. The third-order valence-corrected chi connectivity index (χ3v) is 4.20. The Morgan fingerprint density at radius 2 is 1.59 bits per heavy atom. The number of anilines is 1. The SMILES string of the molecule is O=C(NCCc1ccc(F)cc1)c1ccnc(NCCc2ccccc2)c1. The maximum atomic E-state index is 12.9. The Hall–Kier alpha value is -3.21. The first-order valence-corrected chi connectivity index (χ1v) is 8.97. The Kier molecular flexibility index (Phi) is 6.52. The van der Waals surface area contributed by atoms with E-state index < -0.39 is 0 Å². The van der Waals surface area contributed by atoms with Crippen LogP contribution < -0.4 is 10.6 Å². The summed E-state index contributed by atoms with van der Waals surface area (Å²) in [4.78, 5) is 16.6. The molecule has 1 aromatic heterocycles. The first-order valence-electron chi connectivity index (χ1n) is 8.97. The molecule has 0 spiro atoms. The van der Waals surface area contributed by atoms with Crippen LogP contribution in [0, 0.1) is 5.82 Å². The maximum Gasteiger partial charge on any atom is 0.251 e. The Morgan fingerprint density at radius 3 is 2.37 bits per heavy atom. The molecular weight excluding hydrogens is 341 g/mol. The van der Waals surface area contributed by atoms with Gasteiger partial charge in [-0.1, -0.05) is 42.5 Å². The summed E-state index contributed by atoms with van der Waals surface area (Å²) in [5.74, 6) is 0.273. The molecule has 0 atom stereocenters. The Morgan fingerprint density at radius 1 is 0.889 bits per heavy atom. The number of nitrogens with zero attached hydrogens (tertiary/aromatic N) is 1. The fourth-order valence-electron chi connectivity index (χ4n) is 2.72. The largest absolute Gasteiger partial charge is 0.370 e. The molecule has 0 aliphatic heterocycles. The van der Waals surface area contributed by atoms with E-state index in [1.165, 1.54) is 17.7 Å². The van der Waals surface area contributed by atoms with Crippen molar-refractivity contribution in [2.75, 3.05) is 18.4 Å². The average Bonchev–Trinajstić information content (AvgIpc) is 2.70. The van der Waals surface area contributed by atoms with E-state index in [0.717, 1.165) is 18.5 Å². The minimum absolute atomic E-state index is 0.148. The molecule has 0 fully saturated rings. The predicted molar refractivity (Wildman–Crippen MR) is 105 cm³/mol. The van der Waals surface area contributed by atoms with Gasteiger partial charge in [-0.25, -0.2) is 9.37 Å². The number of benzene rings is 2. The van der Waals surface area contributed by atoms with Crippen molar-refractivity contribution in [3.63, 3.8) is 0 Å². The Bertz CT molecular complexity index is 866. The monoisotopic (exact) mass is 363 g/mol. The molecule has 1 amide bonds. The van der Waals surface area contributed by atoms with E-state index in [1.54, 1.807) is 30.5 Å². The zero-order chi connectivity index (χ0) is 18.9. The highest BCUT2D eigenvalue weighted by atomic mass is 19.1. The number of carbonyl (C=O) groups is 1. The van der Waals surface area contributed by atoms with Crippen LogP contribution in [0.5, 0.6) is 0 Å². The second kappa shape index (κ2) is 9.48. The van der Waals surface area contributed by atoms with Gasteiger partial charge in [0.15, 0.2) is 0 Å². The lowest BCUT2D eigenvalue weighted by molar-refractivity contribution is 0.0954. The minimum atomic E-state index is -0.258. The van der Waals surface area contributed by atoms with Crippen LogP contribution in [0.1, 0.15) is 21.5 Å². The van der Waals surface area contributed by atoms with Crippen molar-refractivity contribution in [3.8, 4) is 0 Å². The van der Waals surface area contributed by atoms with E-state index in [1.807, 2.05) is 18.2 Å². The van der Waals surface area contributed by atoms with Crippen molar-refractivity contribution in [3.05, 3.63) is 95.4 Å². The lowest BCUT2D eigenvalue weighted by Crippen LogP contribution is -2.25. The summed E-state index contributed by atoms with van der Waals surface area (Å²) in [5, 5.41) is 6.13. The molecule has 5 heteroatoms. The van der Waals surface area contributed by atoms with Crippen LogP contribution in [0.4, 0.5) is 10.2 Å². The highest BCUT2D eigenvalue weighted by Gasteiger charge is 2.06. The van der Waals surface area contributed by atoms with Gasteiger partial charge in [0.1, 0.15) is 11.6 Å². The first kappa shape index (κ1) is 18.6. The molecule has 2 N–H and O–H groups in total. The van der Waals surface area contributed by atoms with Crippen LogP contribution in [0.3, 0.4) is 0 Å². The summed E-state index contributed by atoms with van der Waals surface area (Å²) in [6.07, 6.45) is 3.16. The van der Waals surface area contributed by atoms with Gasteiger partial charge in [0, 0.05) is 24.8 Å². The van der Waals surface area contributed by atoms with Crippen LogP contribution >= 0.6 is 0 Å². The zero-order valence-corrected chi connectivity index (χ0v) is 15.0. The van der Waals surface area contributed by atoms with Gasteiger partial charge in [0.25, 0.3) is 5.91 Å². The van der Waals surface area contributed by atoms with Crippen molar-refractivity contribution >= 4 is 11.7 Å². The van der Waals surface area contributed by atoms with Crippen LogP contribution in [0.25, 0.3) is 0 Å². The molecule has 138 valence electrons. The molecule has 0 saturated heterocycles. The number of halogens is 1. The van der Waals surface area contributed by atoms with Gasteiger partial charge in [-0.05, 0) is 48.2 Å². The Balaban J connectivity index is 1.47. The van der Waals surface area contributed by atoms with E-state index in [2.05, 4.69) is 27.8 Å². The molecule has 0 radical (unpaired) electrons. The number of aromatic nitrogens is 1. The van der Waals surface area contributed by atoms with Gasteiger partial charge in [-0.2, -0.15) is 0 Å². The molecular formula is C22H22FN3O. The van der Waals surface area contributed by atoms with Crippen LogP contribution in [-0.2, 0) is 12.8 Å². The van der Waals surface area contributed by atoms with Gasteiger partial charge >= 0.3 is 0 Å². The standard InChI is InChI=1S/C22H22FN3O/c23-20-8-6-18(7-9-20)11-14-26-22(27)19-12-15-25-21(16-19)24-13-10-17-4-2-1-3-5-17/h1-9,12,15-16H,10-11,13-14H2,(H,24,25)(H,26,27). The van der Waals surface area contributed by atoms with Crippen molar-refractivity contribution < 1.29 is 9.18 Å². The molecule has 0 saturated carbocycles. The second-order valence-electron chi connectivity index (χ2n) is 6.22. The van der Waals surface area contributed by atoms with Gasteiger partial charge in [0.05, 0.1) is 0 Å². The summed E-state index contributed by atoms with van der Waals surface area (Å²) in [6, 6.07) is 19.9. The summed E-state index contributed by atoms with van der Waals surface area (Å²) in [6.45, 7) is 1.23. The van der Waals surface area contributed by atoms with E-state index in [9.17, 15) is 9.18 Å². The minimum Gasteiger partial charge on any atom is -0.370 e. The normalized spacial score (nSPS) is 10.4. The molecule has 1 heterocycles. The average molecular weight is 363 g/mol. The van der Waals surface area contributed by atoms with Gasteiger partial charge < -0.3 is 10.6 Å². The van der Waals surface area contributed by atoms with Crippen LogP contribution in [-0.4, -0.2) is 24.0 Å². The van der Waals surface area contributed by atoms with Gasteiger partial charge in [-0.3, -0.25) is 4.79 Å². The molecule has 0 aliphatic rings. The van der Waals surface area contributed by atoms with E-state index >= 15 is 0 Å². The molecule has 27 heavy (non-hydrogen) atoms. The lowest BCUT2D eigenvalue weighted by Gasteiger charge is -2.09. The van der Waals surface area contributed by atoms with Crippen molar-refractivity contribution in [1.29, 1.82) is 0 Å². The fraction of sp³-hybridized carbons (Fsp3) is 0.182.